The van der Waals surface area contributed by atoms with Gasteiger partial charge in [-0.25, -0.2) is 0 Å². The summed E-state index contributed by atoms with van der Waals surface area (Å²) in [7, 11) is 0. The molecule has 0 saturated carbocycles. The fraction of sp³-hybridized carbons (Fsp3) is 0.150. The van der Waals surface area contributed by atoms with E-state index in [0.717, 1.165) is 17.9 Å². The van der Waals surface area contributed by atoms with Gasteiger partial charge >= 0.3 is 0 Å². The van der Waals surface area contributed by atoms with Crippen LogP contribution in [0.4, 0.5) is 5.69 Å². The maximum absolute atomic E-state index is 12.1. The molecule has 0 spiro atoms. The third kappa shape index (κ3) is 2.78. The Morgan fingerprint density at radius 1 is 1.00 bits per heavy atom. The SMILES string of the molecule is O=C(CCc1ccco1)Nc1ccc2c(c1)-c1ccccc1C2. The number of anilines is 1. The Bertz CT molecular complexity index is 850. The lowest BCUT2D eigenvalue weighted by molar-refractivity contribution is -0.116. The van der Waals surface area contributed by atoms with Crippen molar-refractivity contribution in [3.63, 3.8) is 0 Å². The van der Waals surface area contributed by atoms with Crippen LogP contribution in [0.2, 0.25) is 0 Å². The van der Waals surface area contributed by atoms with Crippen molar-refractivity contribution in [2.75, 3.05) is 5.32 Å². The van der Waals surface area contributed by atoms with Crippen LogP contribution in [0.15, 0.2) is 65.3 Å². The van der Waals surface area contributed by atoms with Gasteiger partial charge in [-0.1, -0.05) is 30.3 Å². The number of amides is 1. The van der Waals surface area contributed by atoms with Gasteiger partial charge in [-0.05, 0) is 52.9 Å². The van der Waals surface area contributed by atoms with Crippen LogP contribution in [0, 0.1) is 0 Å². The first kappa shape index (κ1) is 13.8. The molecule has 1 aliphatic carbocycles. The minimum Gasteiger partial charge on any atom is -0.469 e. The predicted octanol–water partition coefficient (Wildman–Crippen LogP) is 4.42. The lowest BCUT2D eigenvalue weighted by atomic mass is 10.1. The van der Waals surface area contributed by atoms with Crippen molar-refractivity contribution in [1.29, 1.82) is 0 Å². The van der Waals surface area contributed by atoms with Gasteiger partial charge in [-0.2, -0.15) is 0 Å². The van der Waals surface area contributed by atoms with Crippen LogP contribution in [0.1, 0.15) is 23.3 Å². The maximum Gasteiger partial charge on any atom is 0.224 e. The third-order valence-electron chi connectivity index (χ3n) is 4.26. The molecule has 2 aromatic carbocycles. The van der Waals surface area contributed by atoms with Crippen LogP contribution in [-0.4, -0.2) is 5.91 Å². The highest BCUT2D eigenvalue weighted by atomic mass is 16.3. The molecule has 0 radical (unpaired) electrons. The molecule has 0 bridgehead atoms. The number of hydrogen-bond donors (Lipinski definition) is 1. The summed E-state index contributed by atoms with van der Waals surface area (Å²) in [4.78, 5) is 12.1. The van der Waals surface area contributed by atoms with Crippen molar-refractivity contribution in [3.8, 4) is 11.1 Å². The third-order valence-corrected chi connectivity index (χ3v) is 4.26. The monoisotopic (exact) mass is 303 g/mol. The Balaban J connectivity index is 1.48. The molecule has 0 unspecified atom stereocenters. The molecule has 114 valence electrons. The Labute approximate surface area is 135 Å². The zero-order chi connectivity index (χ0) is 15.6. The normalized spacial score (nSPS) is 11.8. The second kappa shape index (κ2) is 5.76. The average molecular weight is 303 g/mol. The summed E-state index contributed by atoms with van der Waals surface area (Å²) in [5.74, 6) is 0.843. The van der Waals surface area contributed by atoms with Crippen LogP contribution >= 0.6 is 0 Å². The number of furan rings is 1. The number of hydrogen-bond acceptors (Lipinski definition) is 2. The maximum atomic E-state index is 12.1. The van der Waals surface area contributed by atoms with Gasteiger partial charge in [0.1, 0.15) is 5.76 Å². The number of aryl methyl sites for hydroxylation is 1. The molecule has 4 rings (SSSR count). The van der Waals surface area contributed by atoms with E-state index in [9.17, 15) is 4.79 Å². The quantitative estimate of drug-likeness (QED) is 0.606. The topological polar surface area (TPSA) is 42.2 Å². The van der Waals surface area contributed by atoms with Crippen LogP contribution < -0.4 is 5.32 Å². The summed E-state index contributed by atoms with van der Waals surface area (Å²) >= 11 is 0. The molecule has 1 amide bonds. The number of fused-ring (bicyclic) bond motifs is 3. The molecule has 3 nitrogen and oxygen atoms in total. The molecule has 23 heavy (non-hydrogen) atoms. The molecule has 3 aromatic rings. The molecule has 1 aromatic heterocycles. The molecule has 1 aliphatic rings. The summed E-state index contributed by atoms with van der Waals surface area (Å²) in [5, 5.41) is 2.98. The second-order valence-electron chi connectivity index (χ2n) is 5.83. The number of rotatable bonds is 4. The van der Waals surface area contributed by atoms with E-state index >= 15 is 0 Å². The average Bonchev–Trinajstić information content (AvgIpc) is 3.20. The molecule has 0 saturated heterocycles. The van der Waals surface area contributed by atoms with Crippen LogP contribution in [0.3, 0.4) is 0 Å². The predicted molar refractivity (Wildman–Crippen MR) is 90.3 cm³/mol. The van der Waals surface area contributed by atoms with Gasteiger partial charge in [-0.15, -0.1) is 0 Å². The smallest absolute Gasteiger partial charge is 0.224 e. The number of carbonyl (C=O) groups excluding carboxylic acids is 1. The molecule has 1 heterocycles. The minimum absolute atomic E-state index is 0.00707. The Morgan fingerprint density at radius 2 is 1.87 bits per heavy atom. The van der Waals surface area contributed by atoms with E-state index in [1.165, 1.54) is 22.3 Å². The van der Waals surface area contributed by atoms with Gasteiger partial charge in [0.15, 0.2) is 0 Å². The minimum atomic E-state index is 0.00707. The van der Waals surface area contributed by atoms with Gasteiger partial charge < -0.3 is 9.73 Å². The summed E-state index contributed by atoms with van der Waals surface area (Å²) in [5.41, 5.74) is 6.02. The van der Waals surface area contributed by atoms with Crippen molar-refractivity contribution in [2.45, 2.75) is 19.3 Å². The number of carbonyl (C=O) groups is 1. The van der Waals surface area contributed by atoms with E-state index in [2.05, 4.69) is 41.7 Å². The zero-order valence-electron chi connectivity index (χ0n) is 12.7. The molecule has 0 fully saturated rings. The Kier molecular flexibility index (Phi) is 3.46. The van der Waals surface area contributed by atoms with E-state index in [-0.39, 0.29) is 5.91 Å². The van der Waals surface area contributed by atoms with Crippen molar-refractivity contribution in [2.24, 2.45) is 0 Å². The zero-order valence-corrected chi connectivity index (χ0v) is 12.7. The van der Waals surface area contributed by atoms with Crippen molar-refractivity contribution in [1.82, 2.24) is 0 Å². The summed E-state index contributed by atoms with van der Waals surface area (Å²) < 4.78 is 5.25. The Hall–Kier alpha value is -2.81. The van der Waals surface area contributed by atoms with Gasteiger partial charge in [0.25, 0.3) is 0 Å². The molecule has 3 heteroatoms. The lowest BCUT2D eigenvalue weighted by Gasteiger charge is -2.08. The molecule has 1 N–H and O–H groups in total. The lowest BCUT2D eigenvalue weighted by Crippen LogP contribution is -2.12. The number of benzene rings is 2. The van der Waals surface area contributed by atoms with Gasteiger partial charge in [0, 0.05) is 18.5 Å². The van der Waals surface area contributed by atoms with E-state index in [1.807, 2.05) is 18.2 Å². The fourth-order valence-corrected chi connectivity index (χ4v) is 3.12. The van der Waals surface area contributed by atoms with E-state index in [0.29, 0.717) is 12.8 Å². The first-order valence-corrected chi connectivity index (χ1v) is 7.83. The molecular formula is C20H17NO2. The van der Waals surface area contributed by atoms with Crippen LogP contribution in [0.25, 0.3) is 11.1 Å². The molecular weight excluding hydrogens is 286 g/mol. The summed E-state index contributed by atoms with van der Waals surface area (Å²) in [6.07, 6.45) is 3.64. The second-order valence-corrected chi connectivity index (χ2v) is 5.83. The number of nitrogens with one attached hydrogen (secondary N) is 1. The highest BCUT2D eigenvalue weighted by molar-refractivity contribution is 5.92. The van der Waals surface area contributed by atoms with Gasteiger partial charge in [0.2, 0.25) is 5.91 Å². The van der Waals surface area contributed by atoms with Gasteiger partial charge in [0.05, 0.1) is 6.26 Å². The van der Waals surface area contributed by atoms with E-state index in [4.69, 9.17) is 4.42 Å². The van der Waals surface area contributed by atoms with Crippen molar-refractivity contribution < 1.29 is 9.21 Å². The van der Waals surface area contributed by atoms with Crippen LogP contribution in [-0.2, 0) is 17.6 Å². The molecule has 0 atom stereocenters. The van der Waals surface area contributed by atoms with Gasteiger partial charge in [-0.3, -0.25) is 4.79 Å². The summed E-state index contributed by atoms with van der Waals surface area (Å²) in [6.45, 7) is 0. The standard InChI is InChI=1S/C20H17NO2/c22-20(10-9-17-5-3-11-23-17)21-16-8-7-15-12-14-4-1-2-6-18(14)19(15)13-16/h1-8,11,13H,9-10,12H2,(H,21,22). The van der Waals surface area contributed by atoms with E-state index in [1.54, 1.807) is 6.26 Å². The fourth-order valence-electron chi connectivity index (χ4n) is 3.12. The largest absolute Gasteiger partial charge is 0.469 e. The summed E-state index contributed by atoms with van der Waals surface area (Å²) in [6, 6.07) is 18.3. The highest BCUT2D eigenvalue weighted by Gasteiger charge is 2.18. The molecule has 0 aliphatic heterocycles. The first-order valence-electron chi connectivity index (χ1n) is 7.83. The van der Waals surface area contributed by atoms with Crippen LogP contribution in [0.5, 0.6) is 0 Å². The van der Waals surface area contributed by atoms with Crippen molar-refractivity contribution in [3.05, 3.63) is 77.7 Å². The van der Waals surface area contributed by atoms with E-state index < -0.39 is 0 Å². The first-order chi connectivity index (χ1) is 11.3. The van der Waals surface area contributed by atoms with Crippen molar-refractivity contribution >= 4 is 11.6 Å². The Morgan fingerprint density at radius 3 is 2.74 bits per heavy atom. The highest BCUT2D eigenvalue weighted by Crippen LogP contribution is 2.37.